The van der Waals surface area contributed by atoms with Gasteiger partial charge in [-0.05, 0) is 64.0 Å². The molecular formula is C18H26N2O2. The highest BCUT2D eigenvalue weighted by molar-refractivity contribution is 5.95. The highest BCUT2D eigenvalue weighted by Gasteiger charge is 2.29. The molecule has 0 radical (unpaired) electrons. The SMILES string of the molecule is C[C@H]1Cc2cc(C(=O)N3CCCC[C@H]3CN(C)C)ccc2O1. The van der Waals surface area contributed by atoms with E-state index >= 15 is 0 Å². The normalized spacial score (nSPS) is 24.3. The number of likely N-dealkylation sites (N-methyl/N-ethyl adjacent to an activating group) is 1. The van der Waals surface area contributed by atoms with E-state index in [1.54, 1.807) is 0 Å². The molecule has 1 aromatic carbocycles. The lowest BCUT2D eigenvalue weighted by Crippen LogP contribution is -2.48. The molecule has 1 aromatic rings. The van der Waals surface area contributed by atoms with Crippen molar-refractivity contribution in [3.05, 3.63) is 29.3 Å². The molecule has 0 N–H and O–H groups in total. The van der Waals surface area contributed by atoms with Gasteiger partial charge in [-0.1, -0.05) is 0 Å². The molecule has 1 amide bonds. The molecule has 1 fully saturated rings. The van der Waals surface area contributed by atoms with E-state index in [0.717, 1.165) is 43.7 Å². The molecule has 120 valence electrons. The summed E-state index contributed by atoms with van der Waals surface area (Å²) in [6.45, 7) is 3.89. The van der Waals surface area contributed by atoms with Gasteiger partial charge in [-0.25, -0.2) is 0 Å². The molecule has 0 spiro atoms. The van der Waals surface area contributed by atoms with E-state index < -0.39 is 0 Å². The summed E-state index contributed by atoms with van der Waals surface area (Å²) in [5.74, 6) is 1.11. The summed E-state index contributed by atoms with van der Waals surface area (Å²) in [6, 6.07) is 6.24. The van der Waals surface area contributed by atoms with E-state index in [-0.39, 0.29) is 12.0 Å². The molecule has 2 aliphatic heterocycles. The summed E-state index contributed by atoms with van der Waals surface area (Å²) >= 11 is 0. The number of amides is 1. The monoisotopic (exact) mass is 302 g/mol. The molecule has 2 atom stereocenters. The van der Waals surface area contributed by atoms with Crippen LogP contribution in [0.1, 0.15) is 42.1 Å². The van der Waals surface area contributed by atoms with Crippen molar-refractivity contribution in [1.29, 1.82) is 0 Å². The maximum atomic E-state index is 12.9. The standard InChI is InChI=1S/C18H26N2O2/c1-13-10-15-11-14(7-8-17(15)22-13)18(21)20-9-5-4-6-16(20)12-19(2)3/h7-8,11,13,16H,4-6,9-10,12H2,1-3H3/t13-,16-/m0/s1. The number of ether oxygens (including phenoxy) is 1. The Hall–Kier alpha value is -1.55. The van der Waals surface area contributed by atoms with E-state index in [4.69, 9.17) is 4.74 Å². The van der Waals surface area contributed by atoms with Crippen molar-refractivity contribution in [3.8, 4) is 5.75 Å². The van der Waals surface area contributed by atoms with Crippen LogP contribution in [0.3, 0.4) is 0 Å². The quantitative estimate of drug-likeness (QED) is 0.860. The van der Waals surface area contributed by atoms with Gasteiger partial charge < -0.3 is 14.5 Å². The van der Waals surface area contributed by atoms with Gasteiger partial charge in [0, 0.05) is 31.1 Å². The average Bonchev–Trinajstić information content (AvgIpc) is 2.85. The molecule has 22 heavy (non-hydrogen) atoms. The highest BCUT2D eigenvalue weighted by Crippen LogP contribution is 2.30. The number of nitrogens with zero attached hydrogens (tertiary/aromatic N) is 2. The number of rotatable bonds is 3. The Morgan fingerprint density at radius 3 is 2.95 bits per heavy atom. The zero-order chi connectivity index (χ0) is 15.7. The van der Waals surface area contributed by atoms with Gasteiger partial charge in [-0.3, -0.25) is 4.79 Å². The Morgan fingerprint density at radius 1 is 1.36 bits per heavy atom. The molecule has 2 aliphatic rings. The highest BCUT2D eigenvalue weighted by atomic mass is 16.5. The molecule has 4 heteroatoms. The third-order valence-electron chi connectivity index (χ3n) is 4.61. The second kappa shape index (κ2) is 6.29. The van der Waals surface area contributed by atoms with Crippen LogP contribution in [0.5, 0.6) is 5.75 Å². The van der Waals surface area contributed by atoms with E-state index in [0.29, 0.717) is 6.04 Å². The van der Waals surface area contributed by atoms with E-state index in [2.05, 4.69) is 30.8 Å². The molecule has 4 nitrogen and oxygen atoms in total. The molecule has 2 heterocycles. The van der Waals surface area contributed by atoms with Crippen molar-refractivity contribution in [2.24, 2.45) is 0 Å². The van der Waals surface area contributed by atoms with Gasteiger partial charge in [0.25, 0.3) is 5.91 Å². The van der Waals surface area contributed by atoms with Crippen LogP contribution in [0.25, 0.3) is 0 Å². The molecule has 0 unspecified atom stereocenters. The summed E-state index contributed by atoms with van der Waals surface area (Å²) in [5, 5.41) is 0. The fourth-order valence-corrected chi connectivity index (χ4v) is 3.60. The van der Waals surface area contributed by atoms with Crippen LogP contribution in [-0.4, -0.2) is 55.0 Å². The molecule has 1 saturated heterocycles. The topological polar surface area (TPSA) is 32.8 Å². The van der Waals surface area contributed by atoms with Crippen LogP contribution in [0.4, 0.5) is 0 Å². The number of hydrogen-bond donors (Lipinski definition) is 0. The number of fused-ring (bicyclic) bond motifs is 1. The number of benzene rings is 1. The molecule has 0 aliphatic carbocycles. The van der Waals surface area contributed by atoms with Gasteiger partial charge >= 0.3 is 0 Å². The van der Waals surface area contributed by atoms with E-state index in [1.165, 1.54) is 12.0 Å². The van der Waals surface area contributed by atoms with Crippen molar-refractivity contribution in [2.75, 3.05) is 27.2 Å². The van der Waals surface area contributed by atoms with Crippen LogP contribution >= 0.6 is 0 Å². The zero-order valence-electron chi connectivity index (χ0n) is 13.8. The van der Waals surface area contributed by atoms with Gasteiger partial charge in [0.15, 0.2) is 0 Å². The smallest absolute Gasteiger partial charge is 0.254 e. The average molecular weight is 302 g/mol. The van der Waals surface area contributed by atoms with Crippen LogP contribution < -0.4 is 4.74 Å². The minimum Gasteiger partial charge on any atom is -0.490 e. The Balaban J connectivity index is 1.79. The van der Waals surface area contributed by atoms with Crippen molar-refractivity contribution in [2.45, 2.75) is 44.8 Å². The maximum absolute atomic E-state index is 12.9. The number of likely N-dealkylation sites (tertiary alicyclic amines) is 1. The number of piperidine rings is 1. The summed E-state index contributed by atoms with van der Waals surface area (Å²) in [6.07, 6.45) is 4.56. The first kappa shape index (κ1) is 15.3. The van der Waals surface area contributed by atoms with Gasteiger partial charge in [0.2, 0.25) is 0 Å². The molecule has 0 aromatic heterocycles. The fraction of sp³-hybridized carbons (Fsp3) is 0.611. The van der Waals surface area contributed by atoms with Crippen molar-refractivity contribution < 1.29 is 9.53 Å². The Bertz CT molecular complexity index is 556. The van der Waals surface area contributed by atoms with Gasteiger partial charge in [-0.2, -0.15) is 0 Å². The van der Waals surface area contributed by atoms with Crippen molar-refractivity contribution in [1.82, 2.24) is 9.80 Å². The first-order valence-electron chi connectivity index (χ1n) is 8.30. The van der Waals surface area contributed by atoms with Crippen LogP contribution in [0.2, 0.25) is 0 Å². The van der Waals surface area contributed by atoms with Crippen molar-refractivity contribution in [3.63, 3.8) is 0 Å². The second-order valence-electron chi connectivity index (χ2n) is 6.87. The summed E-state index contributed by atoms with van der Waals surface area (Å²) in [7, 11) is 4.15. The Labute approximate surface area is 133 Å². The Kier molecular flexibility index (Phi) is 4.39. The molecular weight excluding hydrogens is 276 g/mol. The van der Waals surface area contributed by atoms with Gasteiger partial charge in [0.05, 0.1) is 0 Å². The first-order valence-corrected chi connectivity index (χ1v) is 8.30. The predicted octanol–water partition coefficient (Wildman–Crippen LogP) is 2.57. The van der Waals surface area contributed by atoms with Crippen molar-refractivity contribution >= 4 is 5.91 Å². The van der Waals surface area contributed by atoms with E-state index in [9.17, 15) is 4.79 Å². The lowest BCUT2D eigenvalue weighted by atomic mass is 9.99. The van der Waals surface area contributed by atoms with Crippen LogP contribution in [0.15, 0.2) is 18.2 Å². The minimum absolute atomic E-state index is 0.175. The lowest BCUT2D eigenvalue weighted by molar-refractivity contribution is 0.0574. The lowest BCUT2D eigenvalue weighted by Gasteiger charge is -2.37. The van der Waals surface area contributed by atoms with Crippen LogP contribution in [0, 0.1) is 0 Å². The second-order valence-corrected chi connectivity index (χ2v) is 6.87. The van der Waals surface area contributed by atoms with Gasteiger partial charge in [-0.15, -0.1) is 0 Å². The third-order valence-corrected chi connectivity index (χ3v) is 4.61. The van der Waals surface area contributed by atoms with E-state index in [1.807, 2.05) is 18.2 Å². The number of carbonyl (C=O) groups is 1. The van der Waals surface area contributed by atoms with Gasteiger partial charge in [0.1, 0.15) is 11.9 Å². The third kappa shape index (κ3) is 3.12. The Morgan fingerprint density at radius 2 is 2.18 bits per heavy atom. The number of carbonyl (C=O) groups excluding carboxylic acids is 1. The maximum Gasteiger partial charge on any atom is 0.254 e. The fourth-order valence-electron chi connectivity index (χ4n) is 3.60. The zero-order valence-corrected chi connectivity index (χ0v) is 13.8. The summed E-state index contributed by atoms with van der Waals surface area (Å²) in [4.78, 5) is 17.2. The molecule has 0 saturated carbocycles. The largest absolute Gasteiger partial charge is 0.490 e. The van der Waals surface area contributed by atoms with Crippen LogP contribution in [-0.2, 0) is 6.42 Å². The molecule has 0 bridgehead atoms. The first-order chi connectivity index (χ1) is 10.5. The summed E-state index contributed by atoms with van der Waals surface area (Å²) < 4.78 is 5.73. The summed E-state index contributed by atoms with van der Waals surface area (Å²) in [5.41, 5.74) is 1.97. The number of hydrogen-bond acceptors (Lipinski definition) is 3. The predicted molar refractivity (Wildman–Crippen MR) is 87.5 cm³/mol. The molecule has 3 rings (SSSR count). The minimum atomic E-state index is 0.175.